The molecular formula is C14H20ClN3. The third-order valence-corrected chi connectivity index (χ3v) is 3.61. The zero-order chi connectivity index (χ0) is 13.1. The van der Waals surface area contributed by atoms with Crippen molar-refractivity contribution in [1.29, 1.82) is 5.41 Å². The van der Waals surface area contributed by atoms with Crippen molar-refractivity contribution in [3.8, 4) is 0 Å². The molecule has 1 fully saturated rings. The molecule has 2 rings (SSSR count). The fraction of sp³-hybridized carbons (Fsp3) is 0.500. The first kappa shape index (κ1) is 13.2. The molecule has 18 heavy (non-hydrogen) atoms. The fourth-order valence-corrected chi connectivity index (χ4v) is 2.41. The lowest BCUT2D eigenvalue weighted by molar-refractivity contribution is 0.713. The van der Waals surface area contributed by atoms with Gasteiger partial charge >= 0.3 is 0 Å². The molecule has 1 saturated carbocycles. The summed E-state index contributed by atoms with van der Waals surface area (Å²) in [5.74, 6) is 0.0648. The fourth-order valence-electron chi connectivity index (χ4n) is 2.12. The van der Waals surface area contributed by atoms with Gasteiger partial charge in [0.25, 0.3) is 0 Å². The van der Waals surface area contributed by atoms with Gasteiger partial charge in [-0.25, -0.2) is 0 Å². The summed E-state index contributed by atoms with van der Waals surface area (Å²) in [4.78, 5) is 2.40. The summed E-state index contributed by atoms with van der Waals surface area (Å²) in [6.07, 6.45) is 4.89. The van der Waals surface area contributed by atoms with Gasteiger partial charge in [-0.1, -0.05) is 24.9 Å². The molecule has 3 N–H and O–H groups in total. The number of nitrogens with one attached hydrogen (secondary N) is 1. The first-order valence-corrected chi connectivity index (χ1v) is 6.92. The van der Waals surface area contributed by atoms with Crippen LogP contribution in [0.4, 0.5) is 5.69 Å². The highest BCUT2D eigenvalue weighted by atomic mass is 35.5. The highest BCUT2D eigenvalue weighted by molar-refractivity contribution is 6.33. The van der Waals surface area contributed by atoms with Crippen molar-refractivity contribution in [3.63, 3.8) is 0 Å². The summed E-state index contributed by atoms with van der Waals surface area (Å²) in [5, 5.41) is 8.12. The quantitative estimate of drug-likeness (QED) is 0.612. The topological polar surface area (TPSA) is 53.1 Å². The van der Waals surface area contributed by atoms with Crippen LogP contribution in [0.1, 0.15) is 38.2 Å². The minimum absolute atomic E-state index is 0.0648. The number of benzene rings is 1. The third kappa shape index (κ3) is 2.96. The predicted octanol–water partition coefficient (Wildman–Crippen LogP) is 3.39. The average Bonchev–Trinajstić information content (AvgIpc) is 3.15. The van der Waals surface area contributed by atoms with Crippen molar-refractivity contribution in [2.24, 2.45) is 5.73 Å². The second-order valence-electron chi connectivity index (χ2n) is 4.86. The smallest absolute Gasteiger partial charge is 0.122 e. The van der Waals surface area contributed by atoms with E-state index in [1.54, 1.807) is 6.07 Å². The minimum atomic E-state index is 0.0648. The second-order valence-corrected chi connectivity index (χ2v) is 5.27. The Labute approximate surface area is 113 Å². The number of rotatable bonds is 6. The summed E-state index contributed by atoms with van der Waals surface area (Å²) in [6, 6.07) is 6.32. The summed E-state index contributed by atoms with van der Waals surface area (Å²) >= 11 is 6.33. The standard InChI is InChI=1S/C14H20ClN3/c1-2-3-8-18(11-5-6-11)13-7-4-10(14(16)17)9-12(13)15/h4,7,9,11H,2-3,5-6,8H2,1H3,(H3,16,17). The number of nitrogen functional groups attached to an aromatic ring is 1. The van der Waals surface area contributed by atoms with Gasteiger partial charge < -0.3 is 10.6 Å². The largest absolute Gasteiger partial charge is 0.384 e. The maximum absolute atomic E-state index is 7.42. The van der Waals surface area contributed by atoms with Crippen molar-refractivity contribution < 1.29 is 0 Å². The lowest BCUT2D eigenvalue weighted by Crippen LogP contribution is -2.27. The summed E-state index contributed by atoms with van der Waals surface area (Å²) in [6.45, 7) is 3.26. The van der Waals surface area contributed by atoms with E-state index in [0.717, 1.165) is 12.2 Å². The Kier molecular flexibility index (Phi) is 4.12. The van der Waals surface area contributed by atoms with Crippen LogP contribution in [0.5, 0.6) is 0 Å². The van der Waals surface area contributed by atoms with Crippen LogP contribution >= 0.6 is 11.6 Å². The Morgan fingerprint density at radius 3 is 2.72 bits per heavy atom. The van der Waals surface area contributed by atoms with Gasteiger partial charge in [0.05, 0.1) is 10.7 Å². The molecular weight excluding hydrogens is 246 g/mol. The summed E-state index contributed by atoms with van der Waals surface area (Å²) in [5.41, 5.74) is 7.24. The van der Waals surface area contributed by atoms with Crippen LogP contribution in [0.25, 0.3) is 0 Å². The van der Waals surface area contributed by atoms with Gasteiger partial charge in [-0.05, 0) is 37.5 Å². The van der Waals surface area contributed by atoms with E-state index in [9.17, 15) is 0 Å². The normalized spacial score (nSPS) is 14.6. The zero-order valence-electron chi connectivity index (χ0n) is 10.7. The van der Waals surface area contributed by atoms with E-state index in [4.69, 9.17) is 22.7 Å². The Hall–Kier alpha value is -1.22. The van der Waals surface area contributed by atoms with Crippen molar-refractivity contribution in [1.82, 2.24) is 0 Å². The number of hydrogen-bond donors (Lipinski definition) is 2. The van der Waals surface area contributed by atoms with Crippen molar-refractivity contribution in [2.75, 3.05) is 11.4 Å². The van der Waals surface area contributed by atoms with Crippen molar-refractivity contribution in [3.05, 3.63) is 28.8 Å². The van der Waals surface area contributed by atoms with Gasteiger partial charge in [0.1, 0.15) is 5.84 Å². The van der Waals surface area contributed by atoms with Gasteiger partial charge in [0.2, 0.25) is 0 Å². The van der Waals surface area contributed by atoms with Crippen LogP contribution in [0.3, 0.4) is 0 Å². The predicted molar refractivity (Wildman–Crippen MR) is 77.7 cm³/mol. The van der Waals surface area contributed by atoms with E-state index in [2.05, 4.69) is 11.8 Å². The van der Waals surface area contributed by atoms with Crippen molar-refractivity contribution >= 4 is 23.1 Å². The SMILES string of the molecule is CCCCN(c1ccc(C(=N)N)cc1Cl)C1CC1. The number of nitrogens with two attached hydrogens (primary N) is 1. The van der Waals surface area contributed by atoms with E-state index in [-0.39, 0.29) is 5.84 Å². The zero-order valence-corrected chi connectivity index (χ0v) is 11.5. The molecule has 0 saturated heterocycles. The molecule has 0 atom stereocenters. The number of nitrogens with zero attached hydrogens (tertiary/aromatic N) is 1. The molecule has 0 spiro atoms. The van der Waals surface area contributed by atoms with E-state index in [1.165, 1.54) is 25.7 Å². The van der Waals surface area contributed by atoms with E-state index in [0.29, 0.717) is 16.6 Å². The van der Waals surface area contributed by atoms with Crippen molar-refractivity contribution in [2.45, 2.75) is 38.6 Å². The molecule has 0 aliphatic heterocycles. The van der Waals surface area contributed by atoms with Crippen LogP contribution in [-0.4, -0.2) is 18.4 Å². The van der Waals surface area contributed by atoms with Crippen LogP contribution in [0, 0.1) is 5.41 Å². The molecule has 1 aromatic carbocycles. The van der Waals surface area contributed by atoms with Gasteiger partial charge in [-0.3, -0.25) is 5.41 Å². The summed E-state index contributed by atoms with van der Waals surface area (Å²) in [7, 11) is 0. The Morgan fingerprint density at radius 2 is 2.22 bits per heavy atom. The van der Waals surface area contributed by atoms with Gasteiger partial charge in [0, 0.05) is 18.2 Å². The lowest BCUT2D eigenvalue weighted by Gasteiger charge is -2.26. The van der Waals surface area contributed by atoms with E-state index < -0.39 is 0 Å². The number of amidine groups is 1. The second kappa shape index (κ2) is 5.61. The molecule has 4 heteroatoms. The summed E-state index contributed by atoms with van der Waals surface area (Å²) < 4.78 is 0. The Morgan fingerprint density at radius 1 is 1.50 bits per heavy atom. The highest BCUT2D eigenvalue weighted by Crippen LogP contribution is 2.36. The number of hydrogen-bond acceptors (Lipinski definition) is 2. The maximum Gasteiger partial charge on any atom is 0.122 e. The Balaban J connectivity index is 2.21. The molecule has 0 aromatic heterocycles. The molecule has 98 valence electrons. The monoisotopic (exact) mass is 265 g/mol. The third-order valence-electron chi connectivity index (χ3n) is 3.31. The number of unbranched alkanes of at least 4 members (excludes halogenated alkanes) is 1. The van der Waals surface area contributed by atoms with Gasteiger partial charge in [-0.2, -0.15) is 0 Å². The lowest BCUT2D eigenvalue weighted by atomic mass is 10.1. The molecule has 0 unspecified atom stereocenters. The molecule has 0 bridgehead atoms. The number of anilines is 1. The Bertz CT molecular complexity index is 441. The van der Waals surface area contributed by atoms with Gasteiger partial charge in [-0.15, -0.1) is 0 Å². The number of halogens is 1. The van der Waals surface area contributed by atoms with Crippen LogP contribution < -0.4 is 10.6 Å². The first-order valence-electron chi connectivity index (χ1n) is 6.54. The van der Waals surface area contributed by atoms with E-state index >= 15 is 0 Å². The first-order chi connectivity index (χ1) is 8.63. The average molecular weight is 266 g/mol. The van der Waals surface area contributed by atoms with Gasteiger partial charge in [0.15, 0.2) is 0 Å². The molecule has 1 aliphatic carbocycles. The molecule has 1 aliphatic rings. The maximum atomic E-state index is 7.42. The van der Waals surface area contributed by atoms with E-state index in [1.807, 2.05) is 12.1 Å². The molecule has 1 aromatic rings. The van der Waals surface area contributed by atoms with Crippen LogP contribution in [0.15, 0.2) is 18.2 Å². The molecule has 0 heterocycles. The highest BCUT2D eigenvalue weighted by Gasteiger charge is 2.29. The van der Waals surface area contributed by atoms with Crippen LogP contribution in [0.2, 0.25) is 5.02 Å². The molecule has 0 amide bonds. The minimum Gasteiger partial charge on any atom is -0.384 e. The molecule has 3 nitrogen and oxygen atoms in total. The molecule has 0 radical (unpaired) electrons. The van der Waals surface area contributed by atoms with Crippen LogP contribution in [-0.2, 0) is 0 Å².